The van der Waals surface area contributed by atoms with E-state index in [1.807, 2.05) is 69.3 Å². The third-order valence-corrected chi connectivity index (χ3v) is 18.8. The van der Waals surface area contributed by atoms with Crippen molar-refractivity contribution in [2.45, 2.75) is 95.2 Å². The first kappa shape index (κ1) is 64.3. The average Bonchev–Trinajstić information content (AvgIpc) is 1.92. The molecule has 1 saturated heterocycles. The molecular formula is C52H65N9O20P3S+. The van der Waals surface area contributed by atoms with Crippen molar-refractivity contribution in [3.8, 4) is 22.6 Å². The molecule has 11 N–H and O–H groups in total. The van der Waals surface area contributed by atoms with Gasteiger partial charge in [0.1, 0.15) is 36.8 Å². The predicted octanol–water partition coefficient (Wildman–Crippen LogP) is 5.20. The molecule has 2 aromatic carbocycles. The van der Waals surface area contributed by atoms with Crippen LogP contribution in [0.2, 0.25) is 0 Å². The highest BCUT2D eigenvalue weighted by molar-refractivity contribution is 7.85. The number of nitrogen functional groups attached to an aromatic ring is 1. The van der Waals surface area contributed by atoms with Gasteiger partial charge in [0.25, 0.3) is 15.7 Å². The monoisotopic (exact) mass is 1260 g/mol. The number of nitrogens with zero attached hydrogens (tertiary/aromatic N) is 5. The second-order valence-corrected chi connectivity index (χ2v) is 26.0. The number of hydrogen-bond donors (Lipinski definition) is 10. The third-order valence-electron chi connectivity index (χ3n) is 14.2. The van der Waals surface area contributed by atoms with E-state index in [9.17, 15) is 55.9 Å². The van der Waals surface area contributed by atoms with Gasteiger partial charge in [-0.2, -0.15) is 22.0 Å². The first-order valence-electron chi connectivity index (χ1n) is 26.6. The van der Waals surface area contributed by atoms with Gasteiger partial charge in [0.2, 0.25) is 17.2 Å². The molecule has 0 radical (unpaired) electrons. The number of fused-ring (bicyclic) bond motifs is 3. The zero-order valence-corrected chi connectivity index (χ0v) is 50.0. The molecule has 0 spiro atoms. The Labute approximate surface area is 486 Å². The van der Waals surface area contributed by atoms with Gasteiger partial charge >= 0.3 is 29.6 Å². The molecule has 33 heteroatoms. The Bertz CT molecular complexity index is 3920. The number of hydrogen-bond acceptors (Lipinski definition) is 19. The number of benzene rings is 3. The van der Waals surface area contributed by atoms with Crippen molar-refractivity contribution in [3.05, 3.63) is 123 Å². The summed E-state index contributed by atoms with van der Waals surface area (Å²) in [6, 6.07) is 20.6. The Balaban J connectivity index is 0.895. The zero-order chi connectivity index (χ0) is 61.8. The Morgan fingerprint density at radius 3 is 2.36 bits per heavy atom. The quantitative estimate of drug-likeness (QED) is 0.0161. The number of aliphatic hydroxyl groups excluding tert-OH is 1. The number of carbonyl (C=O) groups is 2. The van der Waals surface area contributed by atoms with Crippen LogP contribution in [0.5, 0.6) is 0 Å². The zero-order valence-electron chi connectivity index (χ0n) is 46.5. The molecule has 1 aliphatic carbocycles. The van der Waals surface area contributed by atoms with Gasteiger partial charge < -0.3 is 59.8 Å². The standard InChI is InChI=1S/C52H64N9O20P3S/c1-6-59(7-2)33-20-22-36-35(31(3)45(77-39(36)27-33)32-15-10-8-11-16-32)17-14-18-41-52(4,5)37-28-34(85(73,74)75)21-23-38(37)60(41)26-13-9-12-19-42(62)54-24-25-55-51(65)79-46-44(63)40(29-76-83(69,70)81-84(71,72)80-82(66,67)68)78-49(46)61-30-56-43-47(61)57-50(53)58-48(43)64/h8,10-11,14-18,20-23,27-28,30,40,44,46,49,63H,6-7,9,12-13,19,24-26,29H2,1-5H3,(H9-,53,54,55,57,58,62,64,65,66,67,68,69,70,71,72,73,74,75)/p+1/t40-,44-,46-,49-/m1/s1. The number of aliphatic hydroxyl groups is 1. The topological polar surface area (TPSA) is 420 Å². The fourth-order valence-corrected chi connectivity index (χ4v) is 13.7. The molecule has 2 unspecified atom stereocenters. The van der Waals surface area contributed by atoms with Gasteiger partial charge in [0, 0.05) is 65.6 Å². The number of phosphoric acid groups is 3. The van der Waals surface area contributed by atoms with Crippen molar-refractivity contribution >= 4 is 74.5 Å². The Morgan fingerprint density at radius 1 is 0.953 bits per heavy atom. The minimum Gasteiger partial charge on any atom is -0.456 e. The number of imidazole rings is 1. The number of aromatic nitrogens is 4. The number of anilines is 2. The fraction of sp³-hybridized carbons (Fsp3) is 0.385. The minimum atomic E-state index is -5.91. The van der Waals surface area contributed by atoms with E-state index in [0.717, 1.165) is 74.5 Å². The first-order chi connectivity index (χ1) is 40.0. The summed E-state index contributed by atoms with van der Waals surface area (Å²) < 4.78 is 103. The number of rotatable bonds is 24. The molecule has 6 atom stereocenters. The fourth-order valence-electron chi connectivity index (χ4n) is 10.1. The summed E-state index contributed by atoms with van der Waals surface area (Å²) in [5.41, 5.74) is 9.82. The van der Waals surface area contributed by atoms with Crippen LogP contribution >= 0.6 is 23.5 Å². The maximum atomic E-state index is 13.2. The summed E-state index contributed by atoms with van der Waals surface area (Å²) in [6.07, 6.45) is 0.675. The molecule has 3 aliphatic heterocycles. The Kier molecular flexibility index (Phi) is 19.7. The summed E-state index contributed by atoms with van der Waals surface area (Å²) >= 11 is 0. The second-order valence-electron chi connectivity index (χ2n) is 20.2. The van der Waals surface area contributed by atoms with Crippen LogP contribution < -0.4 is 36.8 Å². The number of nitrogens with one attached hydrogen (secondary N) is 3. The number of unbranched alkanes of at least 4 members (excludes halogenated alkanes) is 2. The molecule has 2 amide bonds. The van der Waals surface area contributed by atoms with Crippen LogP contribution in [-0.4, -0.2) is 127 Å². The van der Waals surface area contributed by atoms with E-state index in [1.165, 1.54) is 12.1 Å². The normalized spacial score (nSPS) is 19.8. The molecule has 458 valence electrons. The van der Waals surface area contributed by atoms with Gasteiger partial charge in [0.15, 0.2) is 23.5 Å². The summed E-state index contributed by atoms with van der Waals surface area (Å²) in [4.78, 5) is 88.0. The summed E-state index contributed by atoms with van der Waals surface area (Å²) in [6.45, 7) is 10.9. The lowest BCUT2D eigenvalue weighted by atomic mass is 9.83. The number of H-pyrrole nitrogens is 1. The van der Waals surface area contributed by atoms with Crippen LogP contribution in [-0.2, 0) is 56.6 Å². The van der Waals surface area contributed by atoms with Crippen molar-refractivity contribution in [1.29, 1.82) is 0 Å². The number of allylic oxidation sites excluding steroid dienone is 3. The Hall–Kier alpha value is -6.72. The number of amides is 2. The van der Waals surface area contributed by atoms with Crippen LogP contribution in [0.1, 0.15) is 76.3 Å². The van der Waals surface area contributed by atoms with Gasteiger partial charge in [-0.15, -0.1) is 0 Å². The first-order valence-corrected chi connectivity index (χ1v) is 32.5. The van der Waals surface area contributed by atoms with E-state index >= 15 is 0 Å². The molecule has 0 bridgehead atoms. The number of nitrogens with two attached hydrogens (primary N) is 1. The summed E-state index contributed by atoms with van der Waals surface area (Å²) in [5, 5.41) is 17.4. The smallest absolute Gasteiger partial charge is 0.456 e. The van der Waals surface area contributed by atoms with E-state index in [2.05, 4.69) is 80.3 Å². The van der Waals surface area contributed by atoms with E-state index < -0.39 is 81.8 Å². The van der Waals surface area contributed by atoms with Crippen molar-refractivity contribution in [2.75, 3.05) is 50.0 Å². The number of alkyl carbamates (subject to hydrolysis) is 1. The van der Waals surface area contributed by atoms with Crippen molar-refractivity contribution in [1.82, 2.24) is 34.7 Å². The Morgan fingerprint density at radius 2 is 1.67 bits per heavy atom. The molecule has 5 heterocycles. The highest BCUT2D eigenvalue weighted by Gasteiger charge is 2.50. The maximum absolute atomic E-state index is 13.2. The molecule has 1 fully saturated rings. The van der Waals surface area contributed by atoms with Crippen molar-refractivity contribution in [3.63, 3.8) is 0 Å². The molecule has 2 aromatic heterocycles. The number of ether oxygens (including phenoxy) is 2. The maximum Gasteiger partial charge on any atom is 0.490 e. The lowest BCUT2D eigenvalue weighted by Crippen LogP contribution is -2.41. The van der Waals surface area contributed by atoms with Gasteiger partial charge in [-0.25, -0.2) is 28.0 Å². The average molecular weight is 1260 g/mol. The minimum absolute atomic E-state index is 0.0766. The lowest BCUT2D eigenvalue weighted by Gasteiger charge is -2.27. The predicted molar refractivity (Wildman–Crippen MR) is 308 cm³/mol. The number of phosphoric ester groups is 1. The van der Waals surface area contributed by atoms with Gasteiger partial charge in [-0.1, -0.05) is 62.8 Å². The van der Waals surface area contributed by atoms with E-state index in [0.29, 0.717) is 31.4 Å². The van der Waals surface area contributed by atoms with E-state index in [1.54, 1.807) is 6.07 Å². The van der Waals surface area contributed by atoms with Crippen LogP contribution in [0.15, 0.2) is 105 Å². The van der Waals surface area contributed by atoms with Gasteiger partial charge in [-0.3, -0.25) is 28.2 Å². The molecular weight excluding hydrogens is 1200 g/mol. The highest BCUT2D eigenvalue weighted by Crippen LogP contribution is 2.66. The van der Waals surface area contributed by atoms with Crippen LogP contribution in [0.3, 0.4) is 0 Å². The molecule has 8 rings (SSSR count). The second kappa shape index (κ2) is 26.1. The lowest BCUT2D eigenvalue weighted by molar-refractivity contribution is -0.121. The van der Waals surface area contributed by atoms with Gasteiger partial charge in [0.05, 0.1) is 23.9 Å². The number of aromatic amines is 1. The summed E-state index contributed by atoms with van der Waals surface area (Å²) in [7, 11) is -21.8. The molecule has 85 heavy (non-hydrogen) atoms. The highest BCUT2D eigenvalue weighted by atomic mass is 32.2. The third kappa shape index (κ3) is 15.3. The summed E-state index contributed by atoms with van der Waals surface area (Å²) in [5.74, 6) is 0.756. The number of carbonyl (C=O) groups excluding carboxylic acids is 2. The molecule has 4 aromatic rings. The molecule has 0 saturated carbocycles. The van der Waals surface area contributed by atoms with Crippen LogP contribution in [0.4, 0.5) is 16.4 Å². The largest absolute Gasteiger partial charge is 0.490 e. The van der Waals surface area contributed by atoms with E-state index in [-0.39, 0.29) is 47.4 Å². The van der Waals surface area contributed by atoms with E-state index in [4.69, 9.17) is 29.4 Å². The van der Waals surface area contributed by atoms with Crippen molar-refractivity contribution in [2.24, 2.45) is 0 Å². The van der Waals surface area contributed by atoms with Gasteiger partial charge in [-0.05, 0) is 75.1 Å². The molecule has 29 nitrogen and oxygen atoms in total. The van der Waals surface area contributed by atoms with Crippen molar-refractivity contribution < 1.29 is 88.0 Å². The molecule has 4 aliphatic rings. The van der Waals surface area contributed by atoms with Crippen LogP contribution in [0.25, 0.3) is 39.9 Å². The van der Waals surface area contributed by atoms with Crippen LogP contribution in [0, 0.1) is 6.92 Å². The SMILES string of the molecule is CC[N+](CC)=c1ccc2c(/C=C/C=C3/N(CCCCCC(=O)NCCNC(=O)O[C@@H]4[C@H](O)[C@@H](COP(=O)(O)OP(=O)(O)OP(=O)(O)O)O[C@H]4n4cnc5c(=O)[nH]c(N)nc54)c4ccc(S(=O)(=O)O)cc4C3(C)C)c(C)c(-c3ccccc3)oc-2c1.